The van der Waals surface area contributed by atoms with Crippen LogP contribution in [0, 0.1) is 6.92 Å². The van der Waals surface area contributed by atoms with E-state index in [4.69, 9.17) is 4.74 Å². The summed E-state index contributed by atoms with van der Waals surface area (Å²) in [7, 11) is 0. The number of aromatic nitrogens is 5. The molecule has 0 amide bonds. The van der Waals surface area contributed by atoms with Gasteiger partial charge in [-0.15, -0.1) is 5.10 Å². The van der Waals surface area contributed by atoms with Gasteiger partial charge in [0, 0.05) is 6.20 Å². The Morgan fingerprint density at radius 2 is 2.00 bits per heavy atom. The number of aryl methyl sites for hydroxylation is 1. The molecule has 0 saturated carbocycles. The van der Waals surface area contributed by atoms with Crippen molar-refractivity contribution < 1.29 is 4.74 Å². The van der Waals surface area contributed by atoms with E-state index in [1.165, 1.54) is 11.8 Å². The van der Waals surface area contributed by atoms with E-state index in [0.29, 0.717) is 45.6 Å². The number of benzene rings is 1. The van der Waals surface area contributed by atoms with Gasteiger partial charge in [0.15, 0.2) is 0 Å². The van der Waals surface area contributed by atoms with Gasteiger partial charge in [-0.05, 0) is 38.3 Å². The molecule has 4 aromatic rings. The molecule has 7 nitrogen and oxygen atoms in total. The Balaban J connectivity index is 2.03. The van der Waals surface area contributed by atoms with Crippen molar-refractivity contribution in [2.45, 2.75) is 19.0 Å². The standard InChI is InChI=1S/C18H17N5O2S/c1-4-25-14-8-6-5-7-12(14)22-10-9-13-15(16(22)24)11(2)19-17-20-18(26-3)21-23(13)17/h5-10H,4H2,1-3H3. The average molecular weight is 367 g/mol. The average Bonchev–Trinajstić information content (AvgIpc) is 3.06. The molecule has 3 aromatic heterocycles. The van der Waals surface area contributed by atoms with Crippen LogP contribution in [0.25, 0.3) is 22.4 Å². The first-order valence-electron chi connectivity index (χ1n) is 8.19. The van der Waals surface area contributed by atoms with Crippen LogP contribution in [-0.4, -0.2) is 37.0 Å². The number of rotatable bonds is 4. The quantitative estimate of drug-likeness (QED) is 0.516. The first kappa shape index (κ1) is 16.6. The second-order valence-corrected chi connectivity index (χ2v) is 6.43. The molecule has 0 aliphatic carbocycles. The van der Waals surface area contributed by atoms with Crippen LogP contribution in [0.2, 0.25) is 0 Å². The third-order valence-corrected chi connectivity index (χ3v) is 4.64. The minimum absolute atomic E-state index is 0.164. The number of para-hydroxylation sites is 2. The fourth-order valence-electron chi connectivity index (χ4n) is 2.98. The molecule has 8 heteroatoms. The number of fused-ring (bicyclic) bond motifs is 3. The number of pyridine rings is 1. The Morgan fingerprint density at radius 1 is 1.19 bits per heavy atom. The maximum atomic E-state index is 13.2. The van der Waals surface area contributed by atoms with Gasteiger partial charge in [-0.2, -0.15) is 9.50 Å². The molecule has 26 heavy (non-hydrogen) atoms. The van der Waals surface area contributed by atoms with E-state index in [1.807, 2.05) is 50.4 Å². The molecule has 132 valence electrons. The highest BCUT2D eigenvalue weighted by molar-refractivity contribution is 7.98. The highest BCUT2D eigenvalue weighted by Gasteiger charge is 2.16. The summed E-state index contributed by atoms with van der Waals surface area (Å²) in [6, 6.07) is 9.34. The predicted octanol–water partition coefficient (Wildman–Crippen LogP) is 2.86. The molecule has 0 aliphatic rings. The fourth-order valence-corrected chi connectivity index (χ4v) is 3.31. The van der Waals surface area contributed by atoms with Crippen molar-refractivity contribution in [3.63, 3.8) is 0 Å². The molecule has 0 spiro atoms. The van der Waals surface area contributed by atoms with Gasteiger partial charge in [-0.1, -0.05) is 23.9 Å². The van der Waals surface area contributed by atoms with Crippen molar-refractivity contribution >= 4 is 28.4 Å². The number of thioether (sulfide) groups is 1. The molecular weight excluding hydrogens is 350 g/mol. The fraction of sp³-hybridized carbons (Fsp3) is 0.222. The molecule has 0 atom stereocenters. The lowest BCUT2D eigenvalue weighted by molar-refractivity contribution is 0.339. The zero-order valence-electron chi connectivity index (χ0n) is 14.6. The normalized spacial score (nSPS) is 11.3. The van der Waals surface area contributed by atoms with E-state index in [9.17, 15) is 4.79 Å². The molecule has 0 fully saturated rings. The second kappa shape index (κ2) is 6.45. The van der Waals surface area contributed by atoms with E-state index >= 15 is 0 Å². The summed E-state index contributed by atoms with van der Waals surface area (Å²) in [6.07, 6.45) is 3.64. The highest BCUT2D eigenvalue weighted by atomic mass is 32.2. The minimum atomic E-state index is -0.164. The molecule has 0 N–H and O–H groups in total. The summed E-state index contributed by atoms with van der Waals surface area (Å²) < 4.78 is 8.87. The molecule has 0 unspecified atom stereocenters. The second-order valence-electron chi connectivity index (χ2n) is 5.66. The summed E-state index contributed by atoms with van der Waals surface area (Å²) in [5, 5.41) is 5.56. The Bertz CT molecular complexity index is 1180. The van der Waals surface area contributed by atoms with Gasteiger partial charge in [0.1, 0.15) is 5.75 Å². The van der Waals surface area contributed by atoms with Crippen molar-refractivity contribution in [1.82, 2.24) is 24.1 Å². The van der Waals surface area contributed by atoms with E-state index in [0.717, 1.165) is 0 Å². The number of hydrogen-bond acceptors (Lipinski definition) is 6. The van der Waals surface area contributed by atoms with E-state index in [1.54, 1.807) is 15.3 Å². The van der Waals surface area contributed by atoms with Crippen LogP contribution in [-0.2, 0) is 0 Å². The Hall–Kier alpha value is -2.87. The van der Waals surface area contributed by atoms with Crippen molar-refractivity contribution in [1.29, 1.82) is 0 Å². The first-order chi connectivity index (χ1) is 12.6. The third-order valence-electron chi connectivity index (χ3n) is 4.11. The lowest BCUT2D eigenvalue weighted by Crippen LogP contribution is -2.20. The summed E-state index contributed by atoms with van der Waals surface area (Å²) >= 11 is 1.44. The Labute approximate surface area is 153 Å². The third kappa shape index (κ3) is 2.53. The number of nitrogens with zero attached hydrogens (tertiary/aromatic N) is 5. The zero-order chi connectivity index (χ0) is 18.3. The monoisotopic (exact) mass is 367 g/mol. The van der Waals surface area contributed by atoms with E-state index < -0.39 is 0 Å². The Kier molecular flexibility index (Phi) is 4.12. The lowest BCUT2D eigenvalue weighted by atomic mass is 10.2. The van der Waals surface area contributed by atoms with Crippen LogP contribution < -0.4 is 10.3 Å². The van der Waals surface area contributed by atoms with Crippen LogP contribution >= 0.6 is 11.8 Å². The topological polar surface area (TPSA) is 74.3 Å². The van der Waals surface area contributed by atoms with Gasteiger partial charge in [-0.25, -0.2) is 4.98 Å². The molecule has 3 heterocycles. The maximum Gasteiger partial charge on any atom is 0.266 e. The van der Waals surface area contributed by atoms with Crippen molar-refractivity contribution in [2.75, 3.05) is 12.9 Å². The Morgan fingerprint density at radius 3 is 2.77 bits per heavy atom. The van der Waals surface area contributed by atoms with Crippen molar-refractivity contribution in [2.24, 2.45) is 0 Å². The largest absolute Gasteiger partial charge is 0.492 e. The summed E-state index contributed by atoms with van der Waals surface area (Å²) in [4.78, 5) is 22.1. The number of hydrogen-bond donors (Lipinski definition) is 0. The molecule has 0 aliphatic heterocycles. The molecule has 0 saturated heterocycles. The molecule has 4 rings (SSSR count). The molecule has 0 bridgehead atoms. The maximum absolute atomic E-state index is 13.2. The van der Waals surface area contributed by atoms with Crippen LogP contribution in [0.5, 0.6) is 5.75 Å². The summed E-state index contributed by atoms with van der Waals surface area (Å²) in [5.41, 5.74) is 1.85. The predicted molar refractivity (Wildman–Crippen MR) is 102 cm³/mol. The van der Waals surface area contributed by atoms with Crippen molar-refractivity contribution in [3.8, 4) is 11.4 Å². The van der Waals surface area contributed by atoms with Crippen molar-refractivity contribution in [3.05, 3.63) is 52.6 Å². The van der Waals surface area contributed by atoms with Gasteiger partial charge < -0.3 is 4.74 Å². The van der Waals surface area contributed by atoms with E-state index in [2.05, 4.69) is 15.1 Å². The SMILES string of the molecule is CCOc1ccccc1-n1ccc2c(c(C)nc3nc(SC)nn32)c1=O. The van der Waals surface area contributed by atoms with Crippen LogP contribution in [0.3, 0.4) is 0 Å². The molecule has 0 radical (unpaired) electrons. The smallest absolute Gasteiger partial charge is 0.266 e. The first-order valence-corrected chi connectivity index (χ1v) is 9.41. The lowest BCUT2D eigenvalue weighted by Gasteiger charge is -2.13. The van der Waals surface area contributed by atoms with Gasteiger partial charge in [0.05, 0.1) is 28.9 Å². The van der Waals surface area contributed by atoms with E-state index in [-0.39, 0.29) is 5.56 Å². The summed E-state index contributed by atoms with van der Waals surface area (Å²) in [6.45, 7) is 4.26. The highest BCUT2D eigenvalue weighted by Crippen LogP contribution is 2.23. The number of ether oxygens (including phenoxy) is 1. The zero-order valence-corrected chi connectivity index (χ0v) is 15.4. The van der Waals surface area contributed by atoms with Gasteiger partial charge in [0.25, 0.3) is 11.3 Å². The van der Waals surface area contributed by atoms with Crippen LogP contribution in [0.4, 0.5) is 0 Å². The van der Waals surface area contributed by atoms with Gasteiger partial charge >= 0.3 is 0 Å². The minimum Gasteiger partial charge on any atom is -0.492 e. The van der Waals surface area contributed by atoms with Gasteiger partial charge in [0.2, 0.25) is 5.16 Å². The van der Waals surface area contributed by atoms with Gasteiger partial charge in [-0.3, -0.25) is 9.36 Å². The summed E-state index contributed by atoms with van der Waals surface area (Å²) in [5.74, 6) is 1.15. The molecule has 1 aromatic carbocycles. The van der Waals surface area contributed by atoms with Crippen LogP contribution in [0.1, 0.15) is 12.6 Å². The molecular formula is C18H17N5O2S. The van der Waals surface area contributed by atoms with Crippen LogP contribution in [0.15, 0.2) is 46.5 Å².